The molecule has 106 valence electrons. The van der Waals surface area contributed by atoms with Gasteiger partial charge in [-0.05, 0) is 34.5 Å². The van der Waals surface area contributed by atoms with E-state index < -0.39 is 12.1 Å². The molecule has 3 aromatic carbocycles. The Morgan fingerprint density at radius 1 is 1.05 bits per heavy atom. The summed E-state index contributed by atoms with van der Waals surface area (Å²) in [7, 11) is 0. The van der Waals surface area contributed by atoms with E-state index in [4.69, 9.17) is 4.74 Å². The summed E-state index contributed by atoms with van der Waals surface area (Å²) in [6.45, 7) is 1.59. The molecule has 0 aliphatic heterocycles. The Kier molecular flexibility index (Phi) is 3.59. The molecule has 0 heterocycles. The van der Waals surface area contributed by atoms with E-state index >= 15 is 0 Å². The molecule has 0 spiro atoms. The van der Waals surface area contributed by atoms with Gasteiger partial charge in [0.15, 0.2) is 0 Å². The van der Waals surface area contributed by atoms with Gasteiger partial charge in [-0.1, -0.05) is 48.5 Å². The lowest BCUT2D eigenvalue weighted by atomic mass is 9.97. The van der Waals surface area contributed by atoms with Crippen molar-refractivity contribution in [2.45, 2.75) is 13.0 Å². The molecule has 3 rings (SSSR count). The molecule has 0 amide bonds. The highest BCUT2D eigenvalue weighted by Gasteiger charge is 2.16. The van der Waals surface area contributed by atoms with Gasteiger partial charge in [-0.25, -0.2) is 4.79 Å². The third-order valence-electron chi connectivity index (χ3n) is 3.43. The minimum atomic E-state index is -0.671. The maximum atomic E-state index is 12.4. The van der Waals surface area contributed by atoms with Crippen LogP contribution in [0.25, 0.3) is 21.5 Å². The summed E-state index contributed by atoms with van der Waals surface area (Å²) in [5, 5.41) is 13.0. The van der Waals surface area contributed by atoms with Crippen molar-refractivity contribution in [2.75, 3.05) is 6.61 Å². The van der Waals surface area contributed by atoms with Crippen LogP contribution in [-0.2, 0) is 4.74 Å². The quantitative estimate of drug-likeness (QED) is 0.589. The van der Waals surface area contributed by atoms with Crippen LogP contribution in [0, 0.1) is 0 Å². The molecule has 0 aromatic heterocycles. The maximum Gasteiger partial charge on any atom is 0.339 e. The molecule has 0 radical (unpaired) electrons. The number of aliphatic hydroxyl groups excluding tert-OH is 1. The van der Waals surface area contributed by atoms with E-state index in [0.717, 1.165) is 21.5 Å². The third-order valence-corrected chi connectivity index (χ3v) is 3.43. The van der Waals surface area contributed by atoms with Gasteiger partial charge in [0.05, 0.1) is 11.7 Å². The number of esters is 1. The van der Waals surface area contributed by atoms with Crippen LogP contribution in [0.3, 0.4) is 0 Å². The van der Waals surface area contributed by atoms with Crippen molar-refractivity contribution < 1.29 is 14.6 Å². The molecule has 3 heteroatoms. The third kappa shape index (κ3) is 2.60. The molecule has 0 aliphatic rings. The lowest BCUT2D eigenvalue weighted by Gasteiger charge is -2.12. The lowest BCUT2D eigenvalue weighted by molar-refractivity contribution is 0.0300. The van der Waals surface area contributed by atoms with Crippen molar-refractivity contribution >= 4 is 27.5 Å². The van der Waals surface area contributed by atoms with Gasteiger partial charge in [-0.15, -0.1) is 0 Å². The second-order valence-electron chi connectivity index (χ2n) is 5.14. The summed E-state index contributed by atoms with van der Waals surface area (Å²) in [4.78, 5) is 12.4. The van der Waals surface area contributed by atoms with Gasteiger partial charge in [0.1, 0.15) is 6.61 Å². The smallest absolute Gasteiger partial charge is 0.339 e. The molecule has 0 aliphatic carbocycles. The van der Waals surface area contributed by atoms with E-state index in [2.05, 4.69) is 6.07 Å². The molecule has 1 unspecified atom stereocenters. The number of rotatable bonds is 3. The van der Waals surface area contributed by atoms with Crippen molar-refractivity contribution in [3.05, 3.63) is 60.2 Å². The number of carbonyl (C=O) groups is 1. The first-order valence-electron chi connectivity index (χ1n) is 6.92. The van der Waals surface area contributed by atoms with Crippen molar-refractivity contribution in [3.8, 4) is 0 Å². The summed E-state index contributed by atoms with van der Waals surface area (Å²) >= 11 is 0. The first-order chi connectivity index (χ1) is 10.2. The standard InChI is InChI=1S/C18H16O3/c1-12(19)11-21-18(20)17-15-8-4-2-6-13(15)10-14-7-3-5-9-16(14)17/h2-10,12,19H,11H2,1H3. The van der Waals surface area contributed by atoms with E-state index in [1.165, 1.54) is 0 Å². The fraction of sp³-hybridized carbons (Fsp3) is 0.167. The molecule has 0 saturated carbocycles. The van der Waals surface area contributed by atoms with Crippen LogP contribution in [0.1, 0.15) is 17.3 Å². The van der Waals surface area contributed by atoms with Gasteiger partial charge in [0.2, 0.25) is 0 Å². The Bertz CT molecular complexity index is 752. The number of ether oxygens (including phenoxy) is 1. The molecule has 1 atom stereocenters. The molecule has 0 saturated heterocycles. The molecule has 0 bridgehead atoms. The number of fused-ring (bicyclic) bond motifs is 2. The monoisotopic (exact) mass is 280 g/mol. The summed E-state index contributed by atoms with van der Waals surface area (Å²) in [6.07, 6.45) is -0.671. The second-order valence-corrected chi connectivity index (χ2v) is 5.14. The van der Waals surface area contributed by atoms with Crippen molar-refractivity contribution in [1.82, 2.24) is 0 Å². The van der Waals surface area contributed by atoms with Crippen molar-refractivity contribution in [1.29, 1.82) is 0 Å². The molecule has 1 N–H and O–H groups in total. The SMILES string of the molecule is CC(O)COC(=O)c1c2ccccc2cc2ccccc12. The number of hydrogen-bond donors (Lipinski definition) is 1. The summed E-state index contributed by atoms with van der Waals surface area (Å²) < 4.78 is 5.22. The Labute approximate surface area is 122 Å². The minimum Gasteiger partial charge on any atom is -0.459 e. The van der Waals surface area contributed by atoms with Crippen LogP contribution in [0.4, 0.5) is 0 Å². The fourth-order valence-electron chi connectivity index (χ4n) is 2.50. The minimum absolute atomic E-state index is 0.00359. The van der Waals surface area contributed by atoms with E-state index in [-0.39, 0.29) is 6.61 Å². The second kappa shape index (κ2) is 5.54. The first-order valence-corrected chi connectivity index (χ1v) is 6.92. The summed E-state index contributed by atoms with van der Waals surface area (Å²) in [6, 6.07) is 17.6. The highest BCUT2D eigenvalue weighted by atomic mass is 16.5. The highest BCUT2D eigenvalue weighted by molar-refractivity contribution is 6.16. The number of carbonyl (C=O) groups excluding carboxylic acids is 1. The number of aliphatic hydroxyl groups is 1. The van der Waals surface area contributed by atoms with Gasteiger partial charge >= 0.3 is 5.97 Å². The zero-order valence-corrected chi connectivity index (χ0v) is 11.7. The van der Waals surface area contributed by atoms with Crippen LogP contribution in [0.2, 0.25) is 0 Å². The number of benzene rings is 3. The van der Waals surface area contributed by atoms with E-state index in [9.17, 15) is 9.90 Å². The van der Waals surface area contributed by atoms with E-state index in [0.29, 0.717) is 5.56 Å². The number of hydrogen-bond acceptors (Lipinski definition) is 3. The predicted octanol–water partition coefficient (Wildman–Crippen LogP) is 3.53. The largest absolute Gasteiger partial charge is 0.459 e. The predicted molar refractivity (Wildman–Crippen MR) is 83.4 cm³/mol. The van der Waals surface area contributed by atoms with E-state index in [1.807, 2.05) is 48.5 Å². The van der Waals surface area contributed by atoms with Crippen molar-refractivity contribution in [3.63, 3.8) is 0 Å². The Balaban J connectivity index is 2.22. The van der Waals surface area contributed by atoms with Crippen LogP contribution in [-0.4, -0.2) is 23.8 Å². The van der Waals surface area contributed by atoms with Gasteiger partial charge in [-0.3, -0.25) is 0 Å². The zero-order valence-electron chi connectivity index (χ0n) is 11.7. The fourth-order valence-corrected chi connectivity index (χ4v) is 2.50. The summed E-state index contributed by atoms with van der Waals surface area (Å²) in [5.41, 5.74) is 0.560. The molecular weight excluding hydrogens is 264 g/mol. The first kappa shape index (κ1) is 13.6. The zero-order chi connectivity index (χ0) is 14.8. The van der Waals surface area contributed by atoms with Crippen LogP contribution in [0.5, 0.6) is 0 Å². The molecule has 3 aromatic rings. The average molecular weight is 280 g/mol. The van der Waals surface area contributed by atoms with E-state index in [1.54, 1.807) is 6.92 Å². The van der Waals surface area contributed by atoms with Gasteiger partial charge < -0.3 is 9.84 Å². The Morgan fingerprint density at radius 2 is 1.57 bits per heavy atom. The Hall–Kier alpha value is -2.39. The normalized spacial score (nSPS) is 12.5. The lowest BCUT2D eigenvalue weighted by Crippen LogP contribution is -2.15. The van der Waals surface area contributed by atoms with Gasteiger partial charge in [-0.2, -0.15) is 0 Å². The van der Waals surface area contributed by atoms with Crippen LogP contribution < -0.4 is 0 Å². The van der Waals surface area contributed by atoms with Crippen LogP contribution >= 0.6 is 0 Å². The van der Waals surface area contributed by atoms with Crippen LogP contribution in [0.15, 0.2) is 54.6 Å². The summed E-state index contributed by atoms with van der Waals surface area (Å²) in [5.74, 6) is -0.399. The molecule has 0 fully saturated rings. The molecular formula is C18H16O3. The molecule has 3 nitrogen and oxygen atoms in total. The van der Waals surface area contributed by atoms with Gasteiger partial charge in [0.25, 0.3) is 0 Å². The highest BCUT2D eigenvalue weighted by Crippen LogP contribution is 2.29. The van der Waals surface area contributed by atoms with Gasteiger partial charge in [0, 0.05) is 0 Å². The van der Waals surface area contributed by atoms with Crippen molar-refractivity contribution in [2.24, 2.45) is 0 Å². The topological polar surface area (TPSA) is 46.5 Å². The Morgan fingerprint density at radius 3 is 2.10 bits per heavy atom. The average Bonchev–Trinajstić information content (AvgIpc) is 2.50. The maximum absolute atomic E-state index is 12.4. The molecule has 21 heavy (non-hydrogen) atoms.